The van der Waals surface area contributed by atoms with Crippen LogP contribution < -0.4 is 10.5 Å². The maximum absolute atomic E-state index is 12.8. The number of amides is 2. The molecule has 0 spiro atoms. The van der Waals surface area contributed by atoms with E-state index < -0.39 is 0 Å². The van der Waals surface area contributed by atoms with Gasteiger partial charge in [-0.3, -0.25) is 14.5 Å². The summed E-state index contributed by atoms with van der Waals surface area (Å²) in [6.07, 6.45) is -0.140. The summed E-state index contributed by atoms with van der Waals surface area (Å²) >= 11 is 0. The summed E-state index contributed by atoms with van der Waals surface area (Å²) in [5.41, 5.74) is 6.82. The Morgan fingerprint density at radius 1 is 1.44 bits per heavy atom. The smallest absolute Gasteiger partial charge is 0.254 e. The maximum Gasteiger partial charge on any atom is 0.254 e. The minimum atomic E-state index is -0.380. The Morgan fingerprint density at radius 2 is 2.20 bits per heavy atom. The first-order valence-corrected chi connectivity index (χ1v) is 8.52. The van der Waals surface area contributed by atoms with Gasteiger partial charge in [-0.2, -0.15) is 0 Å². The zero-order valence-corrected chi connectivity index (χ0v) is 15.2. The molecule has 138 valence electrons. The molecule has 1 atom stereocenters. The topological polar surface area (TPSA) is 85.1 Å². The Kier molecular flexibility index (Phi) is 6.78. The van der Waals surface area contributed by atoms with Crippen molar-refractivity contribution >= 4 is 11.8 Å². The molecule has 0 aliphatic carbocycles. The summed E-state index contributed by atoms with van der Waals surface area (Å²) in [4.78, 5) is 27.4. The third-order valence-electron chi connectivity index (χ3n) is 4.10. The SMILES string of the molecule is CCOc1cc(C(=O)N2CCOC(CN(C)CC(N)=O)C2)ccc1C. The second-order valence-electron chi connectivity index (χ2n) is 6.32. The zero-order chi connectivity index (χ0) is 18.4. The predicted octanol–water partition coefficient (Wildman–Crippen LogP) is 0.652. The van der Waals surface area contributed by atoms with Crippen LogP contribution in [0.2, 0.25) is 0 Å². The number of morpholine rings is 1. The number of nitrogens with two attached hydrogens (primary N) is 1. The second kappa shape index (κ2) is 8.82. The van der Waals surface area contributed by atoms with Gasteiger partial charge in [0.15, 0.2) is 0 Å². The first-order valence-electron chi connectivity index (χ1n) is 8.52. The number of ether oxygens (including phenoxy) is 2. The fourth-order valence-electron chi connectivity index (χ4n) is 2.92. The van der Waals surface area contributed by atoms with Crippen LogP contribution in [0.5, 0.6) is 5.75 Å². The van der Waals surface area contributed by atoms with E-state index in [2.05, 4.69) is 0 Å². The van der Waals surface area contributed by atoms with E-state index in [1.54, 1.807) is 15.9 Å². The summed E-state index contributed by atoms with van der Waals surface area (Å²) in [5.74, 6) is 0.320. The second-order valence-corrected chi connectivity index (χ2v) is 6.32. The number of aryl methyl sites for hydroxylation is 1. The quantitative estimate of drug-likeness (QED) is 0.781. The van der Waals surface area contributed by atoms with Crippen molar-refractivity contribution in [1.29, 1.82) is 0 Å². The summed E-state index contributed by atoms with van der Waals surface area (Å²) in [6, 6.07) is 5.52. The van der Waals surface area contributed by atoms with Crippen molar-refractivity contribution in [2.45, 2.75) is 20.0 Å². The lowest BCUT2D eigenvalue weighted by Crippen LogP contribution is -2.49. The molecule has 0 aromatic heterocycles. The molecular formula is C18H27N3O4. The van der Waals surface area contributed by atoms with E-state index in [-0.39, 0.29) is 24.5 Å². The number of likely N-dealkylation sites (N-methyl/N-ethyl adjacent to an activating group) is 1. The van der Waals surface area contributed by atoms with Crippen LogP contribution in [0.25, 0.3) is 0 Å². The molecule has 7 nitrogen and oxygen atoms in total. The number of carbonyl (C=O) groups is 2. The van der Waals surface area contributed by atoms with Gasteiger partial charge in [0, 0.05) is 25.2 Å². The van der Waals surface area contributed by atoms with Crippen molar-refractivity contribution in [1.82, 2.24) is 9.80 Å². The van der Waals surface area contributed by atoms with E-state index in [9.17, 15) is 9.59 Å². The first kappa shape index (κ1) is 19.2. The third-order valence-corrected chi connectivity index (χ3v) is 4.10. The molecule has 2 amide bonds. The number of nitrogens with zero attached hydrogens (tertiary/aromatic N) is 2. The Hall–Kier alpha value is -2.12. The predicted molar refractivity (Wildman–Crippen MR) is 94.7 cm³/mol. The fraction of sp³-hybridized carbons (Fsp3) is 0.556. The molecule has 2 rings (SSSR count). The molecule has 25 heavy (non-hydrogen) atoms. The average Bonchev–Trinajstić information content (AvgIpc) is 2.56. The van der Waals surface area contributed by atoms with Crippen molar-refractivity contribution in [3.05, 3.63) is 29.3 Å². The highest BCUT2D eigenvalue weighted by Gasteiger charge is 2.26. The number of primary amides is 1. The van der Waals surface area contributed by atoms with Crippen molar-refractivity contribution in [2.75, 3.05) is 46.4 Å². The minimum absolute atomic E-state index is 0.0354. The lowest BCUT2D eigenvalue weighted by atomic mass is 10.1. The number of benzene rings is 1. The van der Waals surface area contributed by atoms with E-state index in [1.165, 1.54) is 0 Å². The summed E-state index contributed by atoms with van der Waals surface area (Å²) in [6.45, 7) is 6.66. The molecule has 0 saturated carbocycles. The van der Waals surface area contributed by atoms with Crippen LogP contribution in [0, 0.1) is 6.92 Å². The Labute approximate surface area is 148 Å². The van der Waals surface area contributed by atoms with E-state index in [0.717, 1.165) is 11.3 Å². The van der Waals surface area contributed by atoms with Gasteiger partial charge in [-0.25, -0.2) is 0 Å². The molecule has 0 radical (unpaired) electrons. The van der Waals surface area contributed by atoms with E-state index in [0.29, 0.717) is 38.4 Å². The Balaban J connectivity index is 2.01. The molecule has 1 heterocycles. The molecule has 2 N–H and O–H groups in total. The van der Waals surface area contributed by atoms with Gasteiger partial charge in [-0.1, -0.05) is 6.07 Å². The lowest BCUT2D eigenvalue weighted by Gasteiger charge is -2.34. The monoisotopic (exact) mass is 349 g/mol. The fourth-order valence-corrected chi connectivity index (χ4v) is 2.92. The van der Waals surface area contributed by atoms with Gasteiger partial charge in [-0.05, 0) is 38.6 Å². The van der Waals surface area contributed by atoms with Gasteiger partial charge in [0.05, 0.1) is 25.9 Å². The Bertz CT molecular complexity index is 620. The molecule has 1 aliphatic rings. The van der Waals surface area contributed by atoms with E-state index in [4.69, 9.17) is 15.2 Å². The normalized spacial score (nSPS) is 17.6. The number of carbonyl (C=O) groups excluding carboxylic acids is 2. The zero-order valence-electron chi connectivity index (χ0n) is 15.2. The Morgan fingerprint density at radius 3 is 2.88 bits per heavy atom. The molecular weight excluding hydrogens is 322 g/mol. The van der Waals surface area contributed by atoms with Crippen LogP contribution in [0.15, 0.2) is 18.2 Å². The summed E-state index contributed by atoms with van der Waals surface area (Å²) < 4.78 is 11.3. The van der Waals surface area contributed by atoms with Crippen LogP contribution in [0.1, 0.15) is 22.8 Å². The number of rotatable bonds is 7. The molecule has 1 fully saturated rings. The molecule has 1 aromatic carbocycles. The van der Waals surface area contributed by atoms with Crippen molar-refractivity contribution in [3.8, 4) is 5.75 Å². The van der Waals surface area contributed by atoms with Gasteiger partial charge < -0.3 is 20.1 Å². The number of hydrogen-bond acceptors (Lipinski definition) is 5. The van der Waals surface area contributed by atoms with Crippen LogP contribution in [0.3, 0.4) is 0 Å². The van der Waals surface area contributed by atoms with E-state index >= 15 is 0 Å². The van der Waals surface area contributed by atoms with E-state index in [1.807, 2.05) is 33.0 Å². The molecule has 0 bridgehead atoms. The maximum atomic E-state index is 12.8. The van der Waals surface area contributed by atoms with Crippen LogP contribution in [-0.4, -0.2) is 74.2 Å². The van der Waals surface area contributed by atoms with Gasteiger partial charge in [0.1, 0.15) is 5.75 Å². The van der Waals surface area contributed by atoms with Gasteiger partial charge in [0.25, 0.3) is 5.91 Å². The summed E-state index contributed by atoms with van der Waals surface area (Å²) in [7, 11) is 1.81. The van der Waals surface area contributed by atoms with Crippen molar-refractivity contribution in [2.24, 2.45) is 5.73 Å². The van der Waals surface area contributed by atoms with Gasteiger partial charge in [0.2, 0.25) is 5.91 Å². The molecule has 7 heteroatoms. The van der Waals surface area contributed by atoms with Crippen molar-refractivity contribution in [3.63, 3.8) is 0 Å². The molecule has 1 aromatic rings. The highest BCUT2D eigenvalue weighted by Crippen LogP contribution is 2.21. The van der Waals surface area contributed by atoms with Crippen molar-refractivity contribution < 1.29 is 19.1 Å². The standard InChI is InChI=1S/C18H27N3O4/c1-4-24-16-9-14(6-5-13(16)2)18(23)21-7-8-25-15(11-21)10-20(3)12-17(19)22/h5-6,9,15H,4,7-8,10-12H2,1-3H3,(H2,19,22). The summed E-state index contributed by atoms with van der Waals surface area (Å²) in [5, 5.41) is 0. The van der Waals surface area contributed by atoms with Crippen LogP contribution in [0.4, 0.5) is 0 Å². The van der Waals surface area contributed by atoms with Crippen LogP contribution >= 0.6 is 0 Å². The minimum Gasteiger partial charge on any atom is -0.494 e. The highest BCUT2D eigenvalue weighted by molar-refractivity contribution is 5.94. The molecule has 1 unspecified atom stereocenters. The lowest BCUT2D eigenvalue weighted by molar-refractivity contribution is -0.119. The average molecular weight is 349 g/mol. The molecule has 1 aliphatic heterocycles. The van der Waals surface area contributed by atoms with Gasteiger partial charge >= 0.3 is 0 Å². The third kappa shape index (κ3) is 5.44. The van der Waals surface area contributed by atoms with Gasteiger partial charge in [-0.15, -0.1) is 0 Å². The number of hydrogen-bond donors (Lipinski definition) is 1. The first-order chi connectivity index (χ1) is 11.9. The molecule has 1 saturated heterocycles. The largest absolute Gasteiger partial charge is 0.494 e. The highest BCUT2D eigenvalue weighted by atomic mass is 16.5. The van der Waals surface area contributed by atoms with Crippen LogP contribution in [-0.2, 0) is 9.53 Å².